The molecule has 5 nitrogen and oxygen atoms in total. The van der Waals surface area contributed by atoms with Gasteiger partial charge in [0.15, 0.2) is 0 Å². The minimum absolute atomic E-state index is 0.237. The number of hydrogen-bond acceptors (Lipinski definition) is 3. The summed E-state index contributed by atoms with van der Waals surface area (Å²) in [6, 6.07) is 9.31. The Labute approximate surface area is 137 Å². The maximum absolute atomic E-state index is 12.4. The van der Waals surface area contributed by atoms with Gasteiger partial charge in [-0.25, -0.2) is 17.8 Å². The highest BCUT2D eigenvalue weighted by atomic mass is 32.2. The molecule has 0 aliphatic heterocycles. The van der Waals surface area contributed by atoms with Gasteiger partial charge in [0.2, 0.25) is 10.0 Å². The lowest BCUT2D eigenvalue weighted by Crippen LogP contribution is -2.32. The highest BCUT2D eigenvalue weighted by Crippen LogP contribution is 2.27. The summed E-state index contributed by atoms with van der Waals surface area (Å²) in [5.41, 5.74) is 1.82. The summed E-state index contributed by atoms with van der Waals surface area (Å²) in [5.74, 6) is 0.544. The lowest BCUT2D eigenvalue weighted by molar-refractivity contribution is 0.537. The molecule has 1 heterocycles. The largest absolute Gasteiger partial charge is 0.241 e. The van der Waals surface area contributed by atoms with Crippen molar-refractivity contribution in [3.63, 3.8) is 0 Å². The number of hydrogen-bond donors (Lipinski definition) is 1. The first-order valence-electron chi connectivity index (χ1n) is 8.14. The highest BCUT2D eigenvalue weighted by Gasteiger charge is 2.25. The molecule has 23 heavy (non-hydrogen) atoms. The molecule has 0 saturated heterocycles. The van der Waals surface area contributed by atoms with Gasteiger partial charge in [0.05, 0.1) is 11.4 Å². The van der Waals surface area contributed by atoms with E-state index in [1.807, 2.05) is 43.5 Å². The van der Waals surface area contributed by atoms with Crippen LogP contribution in [-0.4, -0.2) is 24.0 Å². The van der Waals surface area contributed by atoms with E-state index in [0.29, 0.717) is 5.92 Å². The minimum atomic E-state index is -3.28. The van der Waals surface area contributed by atoms with Gasteiger partial charge in [-0.15, -0.1) is 0 Å². The van der Waals surface area contributed by atoms with E-state index < -0.39 is 10.0 Å². The zero-order valence-electron chi connectivity index (χ0n) is 13.4. The van der Waals surface area contributed by atoms with Crippen molar-refractivity contribution < 1.29 is 8.42 Å². The van der Waals surface area contributed by atoms with Crippen LogP contribution in [0.2, 0.25) is 0 Å². The molecule has 1 aromatic carbocycles. The zero-order valence-corrected chi connectivity index (χ0v) is 14.2. The normalized spacial score (nSPS) is 17.4. The van der Waals surface area contributed by atoms with E-state index in [1.165, 1.54) is 0 Å². The maximum Gasteiger partial charge on any atom is 0.212 e. The lowest BCUT2D eigenvalue weighted by Gasteiger charge is -2.19. The van der Waals surface area contributed by atoms with Crippen LogP contribution in [-0.2, 0) is 10.0 Å². The van der Waals surface area contributed by atoms with Crippen molar-refractivity contribution in [2.75, 3.05) is 5.75 Å². The third kappa shape index (κ3) is 4.00. The Hall–Kier alpha value is -1.66. The van der Waals surface area contributed by atoms with Gasteiger partial charge in [-0.1, -0.05) is 31.0 Å². The summed E-state index contributed by atoms with van der Waals surface area (Å²) in [4.78, 5) is 0. The van der Waals surface area contributed by atoms with E-state index in [-0.39, 0.29) is 11.8 Å². The van der Waals surface area contributed by atoms with Gasteiger partial charge in [-0.05, 0) is 43.4 Å². The molecule has 0 amide bonds. The second-order valence-corrected chi connectivity index (χ2v) is 8.08. The van der Waals surface area contributed by atoms with Crippen LogP contribution in [0.3, 0.4) is 0 Å². The Morgan fingerprint density at radius 3 is 2.70 bits per heavy atom. The minimum Gasteiger partial charge on any atom is -0.241 e. The molecule has 1 fully saturated rings. The molecule has 1 aliphatic rings. The molecule has 1 aromatic heterocycles. The Kier molecular flexibility index (Phi) is 4.82. The number of benzene rings is 1. The van der Waals surface area contributed by atoms with Crippen molar-refractivity contribution >= 4 is 10.0 Å². The van der Waals surface area contributed by atoms with Crippen LogP contribution >= 0.6 is 0 Å². The quantitative estimate of drug-likeness (QED) is 0.884. The fraction of sp³-hybridized carbons (Fsp3) is 0.471. The second kappa shape index (κ2) is 6.84. The number of aromatic nitrogens is 2. The lowest BCUT2D eigenvalue weighted by atomic mass is 10.1. The SMILES string of the molecule is C[C@H](NS(=O)(=O)CC1CCCC1)c1ccccc1-n1cccn1. The first-order chi connectivity index (χ1) is 11.1. The predicted molar refractivity (Wildman–Crippen MR) is 90.9 cm³/mol. The molecule has 2 aromatic rings. The van der Waals surface area contributed by atoms with Crippen LogP contribution in [0.5, 0.6) is 0 Å². The maximum atomic E-state index is 12.4. The average molecular weight is 333 g/mol. The first kappa shape index (κ1) is 16.2. The van der Waals surface area contributed by atoms with Crippen LogP contribution < -0.4 is 4.72 Å². The molecule has 0 bridgehead atoms. The number of nitrogens with zero attached hydrogens (tertiary/aromatic N) is 2. The second-order valence-electron chi connectivity index (χ2n) is 6.28. The van der Waals surface area contributed by atoms with E-state index in [4.69, 9.17) is 0 Å². The monoisotopic (exact) mass is 333 g/mol. The molecule has 0 unspecified atom stereocenters. The van der Waals surface area contributed by atoms with Crippen molar-refractivity contribution in [1.82, 2.24) is 14.5 Å². The molecule has 3 rings (SSSR count). The van der Waals surface area contributed by atoms with Crippen molar-refractivity contribution in [3.05, 3.63) is 48.3 Å². The van der Waals surface area contributed by atoms with E-state index in [0.717, 1.165) is 36.9 Å². The third-order valence-electron chi connectivity index (χ3n) is 4.44. The van der Waals surface area contributed by atoms with Crippen LogP contribution in [0.4, 0.5) is 0 Å². The topological polar surface area (TPSA) is 64.0 Å². The van der Waals surface area contributed by atoms with Crippen molar-refractivity contribution in [2.45, 2.75) is 38.6 Å². The molecule has 1 N–H and O–H groups in total. The molecule has 124 valence electrons. The standard InChI is InChI=1S/C17H23N3O2S/c1-14(19-23(21,22)13-15-7-2-3-8-15)16-9-4-5-10-17(16)20-12-6-11-18-20/h4-6,9-12,14-15,19H,2-3,7-8,13H2,1H3/t14-/m0/s1. The Bertz CT molecular complexity index is 735. The summed E-state index contributed by atoms with van der Waals surface area (Å²) in [6.07, 6.45) is 7.93. The summed E-state index contributed by atoms with van der Waals surface area (Å²) in [5, 5.41) is 4.25. The molecule has 1 atom stereocenters. The molecule has 1 saturated carbocycles. The Balaban J connectivity index is 1.77. The Morgan fingerprint density at radius 2 is 2.00 bits per heavy atom. The number of nitrogens with one attached hydrogen (secondary N) is 1. The van der Waals surface area contributed by atoms with Crippen molar-refractivity contribution in [2.24, 2.45) is 5.92 Å². The summed E-state index contributed by atoms with van der Waals surface area (Å²) < 4.78 is 29.5. The zero-order chi connectivity index (χ0) is 16.3. The first-order valence-corrected chi connectivity index (χ1v) is 9.79. The molecule has 0 spiro atoms. The van der Waals surface area contributed by atoms with Gasteiger partial charge >= 0.3 is 0 Å². The van der Waals surface area contributed by atoms with E-state index in [1.54, 1.807) is 10.9 Å². The summed E-state index contributed by atoms with van der Waals surface area (Å²) in [7, 11) is -3.28. The smallest absolute Gasteiger partial charge is 0.212 e. The van der Waals surface area contributed by atoms with Crippen LogP contribution in [0.15, 0.2) is 42.7 Å². The molecular weight excluding hydrogens is 310 g/mol. The average Bonchev–Trinajstić information content (AvgIpc) is 3.19. The summed E-state index contributed by atoms with van der Waals surface area (Å²) in [6.45, 7) is 1.88. The molecule has 1 aliphatic carbocycles. The van der Waals surface area contributed by atoms with Gasteiger partial charge in [0.25, 0.3) is 0 Å². The third-order valence-corrected chi connectivity index (χ3v) is 6.06. The van der Waals surface area contributed by atoms with E-state index >= 15 is 0 Å². The van der Waals surface area contributed by atoms with Gasteiger partial charge < -0.3 is 0 Å². The van der Waals surface area contributed by atoms with Gasteiger partial charge in [-0.2, -0.15) is 5.10 Å². The Morgan fingerprint density at radius 1 is 1.26 bits per heavy atom. The molecular formula is C17H23N3O2S. The molecule has 0 radical (unpaired) electrons. The van der Waals surface area contributed by atoms with Crippen molar-refractivity contribution in [3.8, 4) is 5.69 Å². The molecule has 6 heteroatoms. The predicted octanol–water partition coefficient (Wildman–Crippen LogP) is 3.04. The van der Waals surface area contributed by atoms with Crippen molar-refractivity contribution in [1.29, 1.82) is 0 Å². The number of sulfonamides is 1. The fourth-order valence-electron chi connectivity index (χ4n) is 3.34. The number of rotatable bonds is 6. The van der Waals surface area contributed by atoms with E-state index in [2.05, 4.69) is 9.82 Å². The van der Waals surface area contributed by atoms with Gasteiger partial charge in [0.1, 0.15) is 0 Å². The van der Waals surface area contributed by atoms with Crippen LogP contribution in [0, 0.1) is 5.92 Å². The fourth-order valence-corrected chi connectivity index (χ4v) is 5.06. The van der Waals surface area contributed by atoms with Crippen LogP contribution in [0.1, 0.15) is 44.2 Å². The summed E-state index contributed by atoms with van der Waals surface area (Å²) >= 11 is 0. The highest BCUT2D eigenvalue weighted by molar-refractivity contribution is 7.89. The van der Waals surface area contributed by atoms with Crippen LogP contribution in [0.25, 0.3) is 5.69 Å². The van der Waals surface area contributed by atoms with Gasteiger partial charge in [-0.3, -0.25) is 0 Å². The van der Waals surface area contributed by atoms with Gasteiger partial charge in [0, 0.05) is 18.4 Å². The van der Waals surface area contributed by atoms with E-state index in [9.17, 15) is 8.42 Å². The number of para-hydroxylation sites is 1.